The first-order chi connectivity index (χ1) is 16.6. The number of anilines is 1. The van der Waals surface area contributed by atoms with Crippen molar-refractivity contribution in [2.45, 2.75) is 38.5 Å². The van der Waals surface area contributed by atoms with E-state index in [-0.39, 0.29) is 35.5 Å². The molecule has 2 bridgehead atoms. The maximum atomic E-state index is 13.3. The minimum atomic E-state index is -0.157. The third-order valence-corrected chi connectivity index (χ3v) is 8.43. The van der Waals surface area contributed by atoms with Crippen molar-refractivity contribution in [2.75, 3.05) is 44.2 Å². The molecule has 0 aromatic carbocycles. The Balaban J connectivity index is 0.985. The summed E-state index contributed by atoms with van der Waals surface area (Å²) < 4.78 is 5.53. The first kappa shape index (κ1) is 21.7. The molecule has 0 radical (unpaired) electrons. The summed E-state index contributed by atoms with van der Waals surface area (Å²) in [7, 11) is 0. The Morgan fingerprint density at radius 1 is 0.971 bits per heavy atom. The summed E-state index contributed by atoms with van der Waals surface area (Å²) in [5.74, 6) is 2.30. The monoisotopic (exact) mass is 464 g/mol. The molecule has 180 valence electrons. The van der Waals surface area contributed by atoms with Crippen LogP contribution in [0.25, 0.3) is 0 Å². The van der Waals surface area contributed by atoms with E-state index in [1.807, 2.05) is 19.1 Å². The zero-order valence-electron chi connectivity index (χ0n) is 19.7. The molecule has 2 saturated heterocycles. The van der Waals surface area contributed by atoms with Crippen molar-refractivity contribution < 1.29 is 14.1 Å². The first-order valence-corrected chi connectivity index (χ1v) is 12.6. The maximum absolute atomic E-state index is 13.3. The fourth-order valence-electron chi connectivity index (χ4n) is 6.86. The fraction of sp³-hybridized carbons (Fsp3) is 0.640. The molecule has 2 aromatic rings. The van der Waals surface area contributed by atoms with Crippen LogP contribution in [0.5, 0.6) is 0 Å². The topological polar surface area (TPSA) is 95.7 Å². The molecule has 2 amide bonds. The van der Waals surface area contributed by atoms with Gasteiger partial charge in [-0.3, -0.25) is 19.4 Å². The number of nitrogens with zero attached hydrogens (tertiary/aromatic N) is 6. The molecule has 9 nitrogen and oxygen atoms in total. The highest BCUT2D eigenvalue weighted by Gasteiger charge is 2.64. The zero-order valence-corrected chi connectivity index (χ0v) is 19.7. The Morgan fingerprint density at radius 3 is 2.44 bits per heavy atom. The van der Waals surface area contributed by atoms with Gasteiger partial charge in [0.1, 0.15) is 5.76 Å². The Morgan fingerprint density at radius 2 is 1.71 bits per heavy atom. The minimum absolute atomic E-state index is 0.0555. The van der Waals surface area contributed by atoms with Crippen molar-refractivity contribution in [2.24, 2.45) is 23.7 Å². The summed E-state index contributed by atoms with van der Waals surface area (Å²) in [5, 5.41) is 4.04. The average Bonchev–Trinajstić information content (AvgIpc) is 3.62. The molecule has 2 saturated carbocycles. The maximum Gasteiger partial charge on any atom is 0.233 e. The Kier molecular flexibility index (Phi) is 5.59. The fourth-order valence-corrected chi connectivity index (χ4v) is 6.86. The van der Waals surface area contributed by atoms with Crippen LogP contribution in [-0.4, -0.2) is 76.0 Å². The van der Waals surface area contributed by atoms with Crippen LogP contribution in [0.4, 0.5) is 5.95 Å². The van der Waals surface area contributed by atoms with Crippen LogP contribution in [-0.2, 0) is 9.59 Å². The van der Waals surface area contributed by atoms with E-state index >= 15 is 0 Å². The molecule has 9 heteroatoms. The van der Waals surface area contributed by atoms with Crippen molar-refractivity contribution >= 4 is 17.8 Å². The zero-order chi connectivity index (χ0) is 23.2. The van der Waals surface area contributed by atoms with Gasteiger partial charge < -0.3 is 9.42 Å². The third kappa shape index (κ3) is 3.70. The number of piperazine rings is 1. The number of unbranched alkanes of at least 4 members (excludes halogenated alkanes) is 1. The number of likely N-dealkylation sites (tertiary alicyclic amines) is 1. The Labute approximate surface area is 199 Å². The average molecular weight is 465 g/mol. The van der Waals surface area contributed by atoms with Crippen LogP contribution in [0.1, 0.15) is 43.1 Å². The van der Waals surface area contributed by atoms with Crippen LogP contribution in [0.2, 0.25) is 0 Å². The van der Waals surface area contributed by atoms with E-state index in [9.17, 15) is 9.59 Å². The highest BCUT2D eigenvalue weighted by molar-refractivity contribution is 6.06. The van der Waals surface area contributed by atoms with Gasteiger partial charge in [-0.15, -0.1) is 0 Å². The summed E-state index contributed by atoms with van der Waals surface area (Å²) in [4.78, 5) is 41.3. The molecule has 4 heterocycles. The highest BCUT2D eigenvalue weighted by Crippen LogP contribution is 2.61. The highest BCUT2D eigenvalue weighted by atomic mass is 16.5. The number of carbonyl (C=O) groups excluding carboxylic acids is 2. The van der Waals surface area contributed by atoms with Crippen LogP contribution >= 0.6 is 0 Å². The number of hydrogen-bond donors (Lipinski definition) is 0. The molecule has 6 rings (SSSR count). The Hall–Kier alpha value is -2.81. The third-order valence-electron chi connectivity index (χ3n) is 8.43. The van der Waals surface area contributed by atoms with Gasteiger partial charge in [0, 0.05) is 57.1 Å². The number of imide groups is 1. The van der Waals surface area contributed by atoms with Crippen molar-refractivity contribution in [3.8, 4) is 0 Å². The van der Waals surface area contributed by atoms with E-state index in [1.54, 1.807) is 17.3 Å². The van der Waals surface area contributed by atoms with Gasteiger partial charge in [0.2, 0.25) is 17.8 Å². The lowest BCUT2D eigenvalue weighted by molar-refractivity contribution is -0.140. The van der Waals surface area contributed by atoms with Gasteiger partial charge in [-0.1, -0.05) is 5.16 Å². The standard InChI is InChI=1S/C25H32N6O3/c1-16-13-20(34-28-16)18-14-17-15-19(18)22-21(17)23(32)31(24(22)33)8-3-2-7-29-9-11-30(12-10-29)25-26-5-4-6-27-25/h4-6,13,17-19,21-22H,2-3,7-12,14-15H2,1H3/t17-,18-,19-,21-,22+/m1/s1. The molecular weight excluding hydrogens is 432 g/mol. The normalized spacial score (nSPS) is 31.0. The SMILES string of the molecule is Cc1cc([C@@H]2C[C@@H]3C[C@H]2[C@@H]2C(=O)N(CCCCN4CCN(c5ncccn5)CC4)C(=O)[C@H]32)on1. The first-order valence-electron chi connectivity index (χ1n) is 12.6. The predicted octanol–water partition coefficient (Wildman–Crippen LogP) is 2.10. The van der Waals surface area contributed by atoms with Gasteiger partial charge >= 0.3 is 0 Å². The summed E-state index contributed by atoms with van der Waals surface area (Å²) in [6.45, 7) is 7.27. The molecule has 0 spiro atoms. The molecule has 4 aliphatic rings. The van der Waals surface area contributed by atoms with Crippen molar-refractivity contribution in [3.63, 3.8) is 0 Å². The molecule has 2 aromatic heterocycles. The van der Waals surface area contributed by atoms with Crippen LogP contribution in [0, 0.1) is 30.6 Å². The van der Waals surface area contributed by atoms with E-state index in [1.165, 1.54) is 0 Å². The van der Waals surface area contributed by atoms with E-state index in [2.05, 4.69) is 24.9 Å². The van der Waals surface area contributed by atoms with Gasteiger partial charge in [-0.2, -0.15) is 0 Å². The molecule has 5 atom stereocenters. The summed E-state index contributed by atoms with van der Waals surface area (Å²) in [6.07, 6.45) is 7.31. The van der Waals surface area contributed by atoms with E-state index in [4.69, 9.17) is 4.52 Å². The summed E-state index contributed by atoms with van der Waals surface area (Å²) in [5.41, 5.74) is 0.875. The quantitative estimate of drug-likeness (QED) is 0.454. The molecule has 0 N–H and O–H groups in total. The van der Waals surface area contributed by atoms with Crippen LogP contribution < -0.4 is 4.90 Å². The number of rotatable bonds is 7. The van der Waals surface area contributed by atoms with Crippen molar-refractivity contribution in [3.05, 3.63) is 36.0 Å². The van der Waals surface area contributed by atoms with Gasteiger partial charge in [0.25, 0.3) is 0 Å². The molecule has 4 fully saturated rings. The predicted molar refractivity (Wildman–Crippen MR) is 124 cm³/mol. The van der Waals surface area contributed by atoms with Gasteiger partial charge in [-0.05, 0) is 57.1 Å². The van der Waals surface area contributed by atoms with E-state index in [0.29, 0.717) is 12.5 Å². The molecule has 0 unspecified atom stereocenters. The number of fused-ring (bicyclic) bond motifs is 5. The summed E-state index contributed by atoms with van der Waals surface area (Å²) in [6, 6.07) is 3.83. The molecule has 2 aliphatic heterocycles. The second kappa shape index (κ2) is 8.76. The second-order valence-electron chi connectivity index (χ2n) is 10.3. The lowest BCUT2D eigenvalue weighted by atomic mass is 9.74. The van der Waals surface area contributed by atoms with Crippen molar-refractivity contribution in [1.29, 1.82) is 0 Å². The minimum Gasteiger partial charge on any atom is -0.361 e. The van der Waals surface area contributed by atoms with Gasteiger partial charge in [-0.25, -0.2) is 9.97 Å². The van der Waals surface area contributed by atoms with Gasteiger partial charge in [0.05, 0.1) is 17.5 Å². The number of hydrogen-bond acceptors (Lipinski definition) is 8. The number of aromatic nitrogens is 3. The lowest BCUT2D eigenvalue weighted by Gasteiger charge is -2.34. The van der Waals surface area contributed by atoms with Crippen LogP contribution in [0.15, 0.2) is 29.0 Å². The second-order valence-corrected chi connectivity index (χ2v) is 10.3. The van der Waals surface area contributed by atoms with E-state index in [0.717, 1.165) is 75.8 Å². The smallest absolute Gasteiger partial charge is 0.233 e. The lowest BCUT2D eigenvalue weighted by Crippen LogP contribution is -2.47. The van der Waals surface area contributed by atoms with Gasteiger partial charge in [0.15, 0.2) is 0 Å². The van der Waals surface area contributed by atoms with E-state index < -0.39 is 0 Å². The largest absolute Gasteiger partial charge is 0.361 e. The molecule has 2 aliphatic carbocycles. The summed E-state index contributed by atoms with van der Waals surface area (Å²) >= 11 is 0. The number of amides is 2. The van der Waals surface area contributed by atoms with Crippen molar-refractivity contribution in [1.82, 2.24) is 24.9 Å². The molecular formula is C25H32N6O3. The molecule has 34 heavy (non-hydrogen) atoms. The Bertz CT molecular complexity index is 1050. The van der Waals surface area contributed by atoms with Crippen LogP contribution in [0.3, 0.4) is 0 Å². The number of aryl methyl sites for hydroxylation is 1. The number of carbonyl (C=O) groups is 2.